The molecule has 78 heavy (non-hydrogen) atoms. The van der Waals surface area contributed by atoms with E-state index in [-0.39, 0.29) is 12.5 Å². The SMILES string of the molecule is CC/C=C\C/C=C\C/C=C\C/C=C\C/C=C\CCCCCCCCCCCCCCCCCCCCCCCCCCCC(=O)NC(COC1OC(CO)C(O)C(O)C1O)C(O)/C=C/CC/C=C/CC/C=C/CCCCCC. The van der Waals surface area contributed by atoms with Crippen LogP contribution in [0.4, 0.5) is 0 Å². The number of ether oxygens (including phenoxy) is 2. The Morgan fingerprint density at radius 2 is 0.808 bits per heavy atom. The summed E-state index contributed by atoms with van der Waals surface area (Å²) in [6, 6.07) is -0.830. The van der Waals surface area contributed by atoms with Crippen LogP contribution in [-0.4, -0.2) is 87.5 Å². The first-order valence-electron chi connectivity index (χ1n) is 32.5. The van der Waals surface area contributed by atoms with Crippen LogP contribution in [0.15, 0.2) is 97.2 Å². The topological polar surface area (TPSA) is 149 Å². The molecule has 1 saturated heterocycles. The van der Waals surface area contributed by atoms with Crippen molar-refractivity contribution in [2.75, 3.05) is 13.2 Å². The summed E-state index contributed by atoms with van der Waals surface area (Å²) in [4.78, 5) is 13.1. The van der Waals surface area contributed by atoms with Gasteiger partial charge in [0.15, 0.2) is 6.29 Å². The van der Waals surface area contributed by atoms with E-state index < -0.39 is 49.5 Å². The van der Waals surface area contributed by atoms with Crippen molar-refractivity contribution in [3.05, 3.63) is 97.2 Å². The number of amides is 1. The van der Waals surface area contributed by atoms with Gasteiger partial charge >= 0.3 is 0 Å². The molecule has 0 radical (unpaired) electrons. The maximum Gasteiger partial charge on any atom is 0.220 e. The number of nitrogens with one attached hydrogen (secondary N) is 1. The predicted octanol–water partition coefficient (Wildman–Crippen LogP) is 17.1. The van der Waals surface area contributed by atoms with Crippen molar-refractivity contribution >= 4 is 5.91 Å². The minimum Gasteiger partial charge on any atom is -0.394 e. The molecular weight excluding hydrogens is 971 g/mol. The minimum atomic E-state index is -1.58. The highest BCUT2D eigenvalue weighted by atomic mass is 16.7. The van der Waals surface area contributed by atoms with Crippen LogP contribution < -0.4 is 5.32 Å². The molecule has 0 bridgehead atoms. The number of hydrogen-bond acceptors (Lipinski definition) is 8. The van der Waals surface area contributed by atoms with Crippen LogP contribution in [0.1, 0.15) is 277 Å². The minimum absolute atomic E-state index is 0.190. The van der Waals surface area contributed by atoms with E-state index in [2.05, 4.69) is 104 Å². The van der Waals surface area contributed by atoms with E-state index in [1.807, 2.05) is 6.08 Å². The van der Waals surface area contributed by atoms with E-state index in [4.69, 9.17) is 9.47 Å². The lowest BCUT2D eigenvalue weighted by Gasteiger charge is -2.40. The second-order valence-corrected chi connectivity index (χ2v) is 22.2. The summed E-state index contributed by atoms with van der Waals surface area (Å²) in [6.45, 7) is 3.62. The van der Waals surface area contributed by atoms with E-state index in [1.165, 1.54) is 173 Å². The van der Waals surface area contributed by atoms with Crippen molar-refractivity contribution in [3.63, 3.8) is 0 Å². The highest BCUT2D eigenvalue weighted by Gasteiger charge is 2.44. The summed E-state index contributed by atoms with van der Waals surface area (Å²) < 4.78 is 11.2. The Bertz CT molecular complexity index is 1550. The summed E-state index contributed by atoms with van der Waals surface area (Å²) in [5, 5.41) is 54.4. The lowest BCUT2D eigenvalue weighted by molar-refractivity contribution is -0.302. The standard InChI is InChI=1S/C69H121NO8/c1-3-5-7-9-11-13-15-17-19-20-21-22-23-24-25-26-27-28-29-30-31-32-33-34-35-36-37-38-39-40-41-42-43-44-45-47-49-51-53-55-57-59-65(73)70-62(61-77-69-68(76)67(75)66(74)64(60-71)78-69)63(72)58-56-54-52-50-48-46-18-16-14-12-10-8-6-4-2/h5,7,11,13-14,16-17,19,21-22,24-25,48,50,56,58,62-64,66-69,71-72,74-76H,3-4,6,8-10,12,15,18,20,23,26-47,49,51-55,57,59-61H2,1-2H3,(H,70,73)/b7-5-,13-11-,16-14+,19-17-,22-21-,25-24-,50-48+,58-56+. The molecule has 7 atom stereocenters. The molecule has 0 aromatic heterocycles. The summed E-state index contributed by atoms with van der Waals surface area (Å²) in [5.41, 5.74) is 0. The molecular formula is C69H121NO8. The highest BCUT2D eigenvalue weighted by molar-refractivity contribution is 5.76. The van der Waals surface area contributed by atoms with Crippen LogP contribution in [0.5, 0.6) is 0 Å². The molecule has 0 spiro atoms. The zero-order valence-corrected chi connectivity index (χ0v) is 50.1. The van der Waals surface area contributed by atoms with Crippen LogP contribution in [0.25, 0.3) is 0 Å². The molecule has 1 rings (SSSR count). The third-order valence-corrected chi connectivity index (χ3v) is 14.9. The van der Waals surface area contributed by atoms with Crippen molar-refractivity contribution in [1.82, 2.24) is 5.32 Å². The van der Waals surface area contributed by atoms with Gasteiger partial charge in [0.05, 0.1) is 25.4 Å². The lowest BCUT2D eigenvalue weighted by Crippen LogP contribution is -2.60. The molecule has 1 aliphatic rings. The Labute approximate surface area is 479 Å². The zero-order valence-electron chi connectivity index (χ0n) is 50.1. The third kappa shape index (κ3) is 45.8. The molecule has 1 fully saturated rings. The Kier molecular flexibility index (Phi) is 53.8. The van der Waals surface area contributed by atoms with Gasteiger partial charge in [-0.1, -0.05) is 278 Å². The maximum atomic E-state index is 13.1. The fraction of sp³-hybridized carbons (Fsp3) is 0.754. The number of carbonyl (C=O) groups excluding carboxylic acids is 1. The van der Waals surface area contributed by atoms with Gasteiger partial charge in [0, 0.05) is 6.42 Å². The van der Waals surface area contributed by atoms with Gasteiger partial charge < -0.3 is 40.3 Å². The molecule has 1 aliphatic heterocycles. The largest absolute Gasteiger partial charge is 0.394 e. The van der Waals surface area contributed by atoms with Crippen molar-refractivity contribution in [3.8, 4) is 0 Å². The summed E-state index contributed by atoms with van der Waals surface area (Å²) in [5.74, 6) is -0.190. The van der Waals surface area contributed by atoms with Crippen molar-refractivity contribution in [1.29, 1.82) is 0 Å². The van der Waals surface area contributed by atoms with E-state index in [0.29, 0.717) is 6.42 Å². The molecule has 9 nitrogen and oxygen atoms in total. The fourth-order valence-corrected chi connectivity index (χ4v) is 9.81. The lowest BCUT2D eigenvalue weighted by atomic mass is 9.99. The third-order valence-electron chi connectivity index (χ3n) is 14.9. The molecule has 0 aromatic rings. The molecule has 0 aliphatic carbocycles. The Balaban J connectivity index is 2.04. The highest BCUT2D eigenvalue weighted by Crippen LogP contribution is 2.23. The number of rotatable bonds is 55. The van der Waals surface area contributed by atoms with Crippen LogP contribution in [-0.2, 0) is 14.3 Å². The van der Waals surface area contributed by atoms with Crippen LogP contribution in [0.2, 0.25) is 0 Å². The number of unbranched alkanes of at least 4 members (excludes halogenated alkanes) is 31. The quantitative estimate of drug-likeness (QED) is 0.0261. The molecule has 7 unspecified atom stereocenters. The summed E-state index contributed by atoms with van der Waals surface area (Å²) in [6.07, 6.45) is 76.6. The van der Waals surface area contributed by atoms with Gasteiger partial charge in [0.2, 0.25) is 5.91 Å². The average molecular weight is 1090 g/mol. The number of aliphatic hydroxyl groups excluding tert-OH is 5. The number of aliphatic hydroxyl groups is 5. The van der Waals surface area contributed by atoms with Crippen molar-refractivity contribution in [2.24, 2.45) is 0 Å². The van der Waals surface area contributed by atoms with Gasteiger partial charge in [-0.2, -0.15) is 0 Å². The van der Waals surface area contributed by atoms with E-state index in [1.54, 1.807) is 6.08 Å². The fourth-order valence-electron chi connectivity index (χ4n) is 9.81. The van der Waals surface area contributed by atoms with Crippen LogP contribution in [0, 0.1) is 0 Å². The van der Waals surface area contributed by atoms with Gasteiger partial charge in [0.1, 0.15) is 24.4 Å². The van der Waals surface area contributed by atoms with Gasteiger partial charge in [-0.25, -0.2) is 0 Å². The molecule has 1 heterocycles. The Hall–Kier alpha value is -2.89. The first-order valence-corrected chi connectivity index (χ1v) is 32.5. The molecule has 6 N–H and O–H groups in total. The summed E-state index contributed by atoms with van der Waals surface area (Å²) >= 11 is 0. The average Bonchev–Trinajstić information content (AvgIpc) is 3.46. The summed E-state index contributed by atoms with van der Waals surface area (Å²) in [7, 11) is 0. The van der Waals surface area contributed by atoms with E-state index >= 15 is 0 Å². The monoisotopic (exact) mass is 1090 g/mol. The van der Waals surface area contributed by atoms with E-state index in [0.717, 1.165) is 83.5 Å². The van der Waals surface area contributed by atoms with Gasteiger partial charge in [-0.05, 0) is 89.9 Å². The molecule has 450 valence electrons. The van der Waals surface area contributed by atoms with Gasteiger partial charge in [-0.3, -0.25) is 4.79 Å². The first-order chi connectivity index (χ1) is 38.3. The zero-order chi connectivity index (χ0) is 56.5. The van der Waals surface area contributed by atoms with Gasteiger partial charge in [0.25, 0.3) is 0 Å². The number of allylic oxidation sites excluding steroid dienone is 15. The van der Waals surface area contributed by atoms with Crippen LogP contribution in [0.3, 0.4) is 0 Å². The second kappa shape index (κ2) is 57.3. The number of carbonyl (C=O) groups is 1. The Morgan fingerprint density at radius 3 is 1.23 bits per heavy atom. The second-order valence-electron chi connectivity index (χ2n) is 22.2. The van der Waals surface area contributed by atoms with E-state index in [9.17, 15) is 30.3 Å². The number of hydrogen-bond donors (Lipinski definition) is 6. The predicted molar refractivity (Wildman–Crippen MR) is 331 cm³/mol. The van der Waals surface area contributed by atoms with Crippen LogP contribution >= 0.6 is 0 Å². The first kappa shape index (κ1) is 73.1. The van der Waals surface area contributed by atoms with Gasteiger partial charge in [-0.15, -0.1) is 0 Å². The molecule has 0 aromatic carbocycles. The van der Waals surface area contributed by atoms with Crippen molar-refractivity contribution < 1.29 is 39.8 Å². The molecule has 9 heteroatoms. The van der Waals surface area contributed by atoms with Crippen molar-refractivity contribution in [2.45, 2.75) is 320 Å². The molecule has 0 saturated carbocycles. The maximum absolute atomic E-state index is 13.1. The normalized spacial score (nSPS) is 19.3. The smallest absolute Gasteiger partial charge is 0.220 e. The Morgan fingerprint density at radius 1 is 0.449 bits per heavy atom. The molecule has 1 amide bonds.